The molecule has 0 fully saturated rings. The zero-order valence-corrected chi connectivity index (χ0v) is 18.6. The van der Waals surface area contributed by atoms with Gasteiger partial charge in [-0.05, 0) is 25.7 Å². The van der Waals surface area contributed by atoms with Crippen LogP contribution in [0.5, 0.6) is 0 Å². The van der Waals surface area contributed by atoms with Gasteiger partial charge >= 0.3 is 5.69 Å². The predicted octanol–water partition coefficient (Wildman–Crippen LogP) is 1.61. The Morgan fingerprint density at radius 2 is 1.21 bits per heavy atom. The first-order valence-corrected chi connectivity index (χ1v) is 10.7. The number of carboxylic acids is 1. The highest BCUT2D eigenvalue weighted by atomic mass is 16.4. The van der Waals surface area contributed by atoms with Crippen LogP contribution < -0.4 is 16.4 Å². The predicted molar refractivity (Wildman–Crippen MR) is 115 cm³/mol. The fourth-order valence-electron chi connectivity index (χ4n) is 3.22. The number of nitrogens with one attached hydrogen (secondary N) is 2. The molecule has 0 aliphatic rings. The summed E-state index contributed by atoms with van der Waals surface area (Å²) in [6, 6.07) is 0.733. The standard InChI is InChI=1S/C16H36N.C5H4N2O4.H2O/c1-5-9-13-17(14-10-6-2,15-11-7-3)16-12-8-4;8-3-1-2(4(9)10)6-5(11)7-3;/h5-16H2,1-4H3;1H,(H,9,10)(H2,6,7,8,11);1H2/q+1;;/p-1. The van der Waals surface area contributed by atoms with Gasteiger partial charge in [-0.25, -0.2) is 4.79 Å². The Kier molecular flexibility index (Phi) is 17.1. The maximum atomic E-state index is 10.4. The number of quaternary nitrogens is 1. The Morgan fingerprint density at radius 3 is 1.48 bits per heavy atom. The maximum absolute atomic E-state index is 10.4. The highest BCUT2D eigenvalue weighted by molar-refractivity contribution is 5.82. The molecule has 0 aromatic carbocycles. The number of hydrogen-bond donors (Lipinski definition) is 2. The lowest BCUT2D eigenvalue weighted by Gasteiger charge is -2.39. The minimum absolute atomic E-state index is 0. The Morgan fingerprint density at radius 1 is 0.828 bits per heavy atom. The third-order valence-corrected chi connectivity index (χ3v) is 4.92. The van der Waals surface area contributed by atoms with Crippen LogP contribution in [0.15, 0.2) is 15.7 Å². The van der Waals surface area contributed by atoms with Crippen molar-refractivity contribution in [3.63, 3.8) is 0 Å². The second-order valence-electron chi connectivity index (χ2n) is 7.44. The van der Waals surface area contributed by atoms with Crippen LogP contribution in [0.4, 0.5) is 0 Å². The van der Waals surface area contributed by atoms with Crippen molar-refractivity contribution in [1.29, 1.82) is 0 Å². The van der Waals surface area contributed by atoms with E-state index >= 15 is 0 Å². The first-order valence-electron chi connectivity index (χ1n) is 10.7. The van der Waals surface area contributed by atoms with Crippen molar-refractivity contribution in [2.45, 2.75) is 79.1 Å². The molecule has 29 heavy (non-hydrogen) atoms. The Bertz CT molecular complexity index is 588. The lowest BCUT2D eigenvalue weighted by Crippen LogP contribution is -2.50. The molecule has 1 heterocycles. The molecular weight excluding hydrogens is 374 g/mol. The van der Waals surface area contributed by atoms with E-state index in [0.717, 1.165) is 6.07 Å². The molecule has 1 aromatic rings. The molecule has 170 valence electrons. The molecule has 0 saturated carbocycles. The average Bonchev–Trinajstić information content (AvgIpc) is 2.66. The Balaban J connectivity index is 0. The van der Waals surface area contributed by atoms with Crippen LogP contribution in [0, 0.1) is 0 Å². The van der Waals surface area contributed by atoms with Gasteiger partial charge in [-0.1, -0.05) is 53.4 Å². The van der Waals surface area contributed by atoms with Crippen LogP contribution in [-0.4, -0.2) is 52.1 Å². The SMILES string of the molecule is CCCC[N+](CCCC)(CCCC)CCCC.O.O=C([O-])c1cc(=O)[nH]c(=O)[nH]1. The topological polar surface area (TPSA) is 137 Å². The van der Waals surface area contributed by atoms with E-state index in [1.165, 1.54) is 82.0 Å². The largest absolute Gasteiger partial charge is 0.543 e. The normalized spacial score (nSPS) is 10.6. The van der Waals surface area contributed by atoms with Crippen molar-refractivity contribution < 1.29 is 19.9 Å². The van der Waals surface area contributed by atoms with E-state index in [1.54, 1.807) is 0 Å². The summed E-state index contributed by atoms with van der Waals surface area (Å²) in [5, 5.41) is 10.1. The highest BCUT2D eigenvalue weighted by Crippen LogP contribution is 2.16. The molecule has 8 heteroatoms. The van der Waals surface area contributed by atoms with E-state index in [9.17, 15) is 19.5 Å². The number of H-pyrrole nitrogens is 2. The van der Waals surface area contributed by atoms with Gasteiger partial charge in [0.2, 0.25) is 0 Å². The average molecular weight is 416 g/mol. The van der Waals surface area contributed by atoms with Crippen molar-refractivity contribution in [1.82, 2.24) is 9.97 Å². The second kappa shape index (κ2) is 17.0. The fraction of sp³-hybridized carbons (Fsp3) is 0.762. The van der Waals surface area contributed by atoms with Crippen LogP contribution >= 0.6 is 0 Å². The number of aromatic carboxylic acids is 1. The molecule has 0 aliphatic heterocycles. The Hall–Kier alpha value is -1.93. The van der Waals surface area contributed by atoms with Gasteiger partial charge in [0, 0.05) is 6.07 Å². The number of unbranched alkanes of at least 4 members (excludes halogenated alkanes) is 4. The molecular formula is C21H41N3O5. The summed E-state index contributed by atoms with van der Waals surface area (Å²) in [4.78, 5) is 34.6. The molecule has 1 aromatic heterocycles. The minimum Gasteiger partial charge on any atom is -0.543 e. The summed E-state index contributed by atoms with van der Waals surface area (Å²) in [6.45, 7) is 15.0. The summed E-state index contributed by atoms with van der Waals surface area (Å²) in [6.07, 6.45) is 11.1. The number of rotatable bonds is 13. The van der Waals surface area contributed by atoms with Gasteiger partial charge in [0.05, 0.1) is 37.8 Å². The first-order chi connectivity index (χ1) is 13.3. The van der Waals surface area contributed by atoms with Gasteiger partial charge in [0.15, 0.2) is 0 Å². The summed E-state index contributed by atoms with van der Waals surface area (Å²) in [5.41, 5.74) is -2.16. The molecule has 0 bridgehead atoms. The van der Waals surface area contributed by atoms with Crippen LogP contribution in [0.1, 0.15) is 89.5 Å². The third-order valence-electron chi connectivity index (χ3n) is 4.92. The van der Waals surface area contributed by atoms with Crippen molar-refractivity contribution in [2.75, 3.05) is 26.2 Å². The molecule has 0 amide bonds. The van der Waals surface area contributed by atoms with E-state index in [1.807, 2.05) is 9.97 Å². The quantitative estimate of drug-likeness (QED) is 0.473. The van der Waals surface area contributed by atoms with E-state index in [4.69, 9.17) is 0 Å². The minimum atomic E-state index is -1.59. The molecule has 0 unspecified atom stereocenters. The summed E-state index contributed by atoms with van der Waals surface area (Å²) in [5.74, 6) is -1.59. The van der Waals surface area contributed by atoms with Gasteiger partial charge in [0.25, 0.3) is 5.56 Å². The molecule has 4 N–H and O–H groups in total. The number of nitrogens with zero attached hydrogens (tertiary/aromatic N) is 1. The number of aromatic amines is 2. The van der Waals surface area contributed by atoms with Gasteiger partial charge in [0.1, 0.15) is 0 Å². The molecule has 0 aliphatic carbocycles. The second-order valence-corrected chi connectivity index (χ2v) is 7.44. The molecule has 1 rings (SSSR count). The lowest BCUT2D eigenvalue weighted by molar-refractivity contribution is -0.929. The van der Waals surface area contributed by atoms with Crippen molar-refractivity contribution in [3.8, 4) is 0 Å². The lowest BCUT2D eigenvalue weighted by atomic mass is 10.1. The van der Waals surface area contributed by atoms with Crippen molar-refractivity contribution in [3.05, 3.63) is 32.6 Å². The zero-order valence-electron chi connectivity index (χ0n) is 18.6. The van der Waals surface area contributed by atoms with Crippen molar-refractivity contribution >= 4 is 5.97 Å². The van der Waals surface area contributed by atoms with Crippen LogP contribution in [0.2, 0.25) is 0 Å². The van der Waals surface area contributed by atoms with E-state index in [2.05, 4.69) is 27.7 Å². The van der Waals surface area contributed by atoms with E-state index < -0.39 is 22.9 Å². The zero-order chi connectivity index (χ0) is 21.4. The van der Waals surface area contributed by atoms with Crippen LogP contribution in [0.3, 0.4) is 0 Å². The van der Waals surface area contributed by atoms with Gasteiger partial charge < -0.3 is 24.8 Å². The number of carbonyl (C=O) groups is 1. The summed E-state index contributed by atoms with van der Waals surface area (Å²) in [7, 11) is 0. The summed E-state index contributed by atoms with van der Waals surface area (Å²) >= 11 is 0. The third kappa shape index (κ3) is 13.0. The Labute approximate surface area is 174 Å². The first kappa shape index (κ1) is 29.3. The maximum Gasteiger partial charge on any atom is 0.326 e. The van der Waals surface area contributed by atoms with Gasteiger partial charge in [-0.2, -0.15) is 0 Å². The molecule has 8 nitrogen and oxygen atoms in total. The van der Waals surface area contributed by atoms with Crippen molar-refractivity contribution in [2.24, 2.45) is 0 Å². The van der Waals surface area contributed by atoms with E-state index in [0.29, 0.717) is 0 Å². The van der Waals surface area contributed by atoms with E-state index in [-0.39, 0.29) is 5.48 Å². The van der Waals surface area contributed by atoms with Crippen LogP contribution in [0.25, 0.3) is 0 Å². The number of aromatic nitrogens is 2. The molecule has 0 spiro atoms. The van der Waals surface area contributed by atoms with Crippen LogP contribution in [-0.2, 0) is 0 Å². The monoisotopic (exact) mass is 415 g/mol. The van der Waals surface area contributed by atoms with Gasteiger partial charge in [-0.3, -0.25) is 9.78 Å². The number of carbonyl (C=O) groups excluding carboxylic acids is 1. The molecule has 0 saturated heterocycles. The molecule has 0 atom stereocenters. The fourth-order valence-corrected chi connectivity index (χ4v) is 3.22. The number of hydrogen-bond acceptors (Lipinski definition) is 4. The molecule has 0 radical (unpaired) electrons. The smallest absolute Gasteiger partial charge is 0.326 e. The summed E-state index contributed by atoms with van der Waals surface area (Å²) < 4.78 is 1.42. The number of carboxylic acid groups (broad SMARTS) is 1. The highest BCUT2D eigenvalue weighted by Gasteiger charge is 2.24. The van der Waals surface area contributed by atoms with Gasteiger partial charge in [-0.15, -0.1) is 0 Å².